The van der Waals surface area contributed by atoms with Gasteiger partial charge in [0.25, 0.3) is 0 Å². The molecular formula is C19H23N5OS. The Hall–Kier alpha value is -2.54. The molecule has 136 valence electrons. The largest absolute Gasteiger partial charge is 0.354 e. The van der Waals surface area contributed by atoms with Crippen molar-refractivity contribution in [3.63, 3.8) is 0 Å². The maximum Gasteiger partial charge on any atom is 0.234 e. The minimum atomic E-state index is -0.0473. The van der Waals surface area contributed by atoms with Gasteiger partial charge in [-0.3, -0.25) is 4.79 Å². The number of aryl methyl sites for hydroxylation is 3. The molecular weight excluding hydrogens is 346 g/mol. The molecule has 0 radical (unpaired) electrons. The van der Waals surface area contributed by atoms with Crippen molar-refractivity contribution in [2.24, 2.45) is 14.1 Å². The average molecular weight is 369 g/mol. The summed E-state index contributed by atoms with van der Waals surface area (Å²) in [4.78, 5) is 12.2. The molecule has 0 bridgehead atoms. The van der Waals surface area contributed by atoms with E-state index in [2.05, 4.69) is 32.2 Å². The predicted octanol–water partition coefficient (Wildman–Crippen LogP) is 3.09. The smallest absolute Gasteiger partial charge is 0.234 e. The van der Waals surface area contributed by atoms with Gasteiger partial charge < -0.3 is 14.5 Å². The molecule has 1 aromatic carbocycles. The van der Waals surface area contributed by atoms with Gasteiger partial charge in [-0.25, -0.2) is 0 Å². The van der Waals surface area contributed by atoms with Crippen molar-refractivity contribution in [1.29, 1.82) is 0 Å². The highest BCUT2D eigenvalue weighted by Crippen LogP contribution is 2.20. The predicted molar refractivity (Wildman–Crippen MR) is 104 cm³/mol. The van der Waals surface area contributed by atoms with Crippen molar-refractivity contribution in [1.82, 2.24) is 19.3 Å². The standard InChI is InChI=1S/C19H23N5OS/c1-13-7-8-16(14(2)10-13)20-18(25)12-26-19-22-21-17(24(19)4)11-15-6-5-9-23(15)3/h5-10H,11-12H2,1-4H3,(H,20,25). The normalized spacial score (nSPS) is 10.9. The summed E-state index contributed by atoms with van der Waals surface area (Å²) in [7, 11) is 3.95. The molecule has 3 rings (SSSR count). The number of hydrogen-bond acceptors (Lipinski definition) is 4. The molecule has 6 nitrogen and oxygen atoms in total. The van der Waals surface area contributed by atoms with Crippen LogP contribution in [0.5, 0.6) is 0 Å². The Labute approximate surface area is 157 Å². The summed E-state index contributed by atoms with van der Waals surface area (Å²) in [5.41, 5.74) is 4.26. The SMILES string of the molecule is Cc1ccc(NC(=O)CSc2nnc(Cc3cccn3C)n2C)c(C)c1. The van der Waals surface area contributed by atoms with Crippen molar-refractivity contribution in [2.75, 3.05) is 11.1 Å². The fourth-order valence-electron chi connectivity index (χ4n) is 2.74. The van der Waals surface area contributed by atoms with Gasteiger partial charge in [0.1, 0.15) is 5.82 Å². The molecule has 0 saturated carbocycles. The molecule has 0 saturated heterocycles. The molecule has 0 spiro atoms. The van der Waals surface area contributed by atoms with Crippen LogP contribution in [-0.4, -0.2) is 31.0 Å². The highest BCUT2D eigenvalue weighted by Gasteiger charge is 2.13. The first-order valence-electron chi connectivity index (χ1n) is 8.42. The van der Waals surface area contributed by atoms with Gasteiger partial charge in [-0.1, -0.05) is 29.5 Å². The number of carbonyl (C=O) groups excluding carboxylic acids is 1. The average Bonchev–Trinajstić information content (AvgIpc) is 3.15. The number of hydrogen-bond donors (Lipinski definition) is 1. The van der Waals surface area contributed by atoms with Crippen LogP contribution in [0.25, 0.3) is 0 Å². The number of thioether (sulfide) groups is 1. The van der Waals surface area contributed by atoms with Gasteiger partial charge in [0, 0.05) is 38.1 Å². The van der Waals surface area contributed by atoms with Crippen molar-refractivity contribution >= 4 is 23.4 Å². The van der Waals surface area contributed by atoms with Crippen molar-refractivity contribution in [3.8, 4) is 0 Å². The van der Waals surface area contributed by atoms with Crippen LogP contribution >= 0.6 is 11.8 Å². The van der Waals surface area contributed by atoms with Crippen LogP contribution in [0.15, 0.2) is 41.7 Å². The Morgan fingerprint density at radius 3 is 2.69 bits per heavy atom. The van der Waals surface area contributed by atoms with E-state index >= 15 is 0 Å². The van der Waals surface area contributed by atoms with Gasteiger partial charge in [-0.05, 0) is 37.6 Å². The van der Waals surface area contributed by atoms with Crippen LogP contribution in [0, 0.1) is 13.8 Å². The molecule has 3 aromatic rings. The number of carbonyl (C=O) groups is 1. The molecule has 7 heteroatoms. The molecule has 0 unspecified atom stereocenters. The van der Waals surface area contributed by atoms with Gasteiger partial charge in [0.05, 0.1) is 5.75 Å². The highest BCUT2D eigenvalue weighted by atomic mass is 32.2. The highest BCUT2D eigenvalue weighted by molar-refractivity contribution is 7.99. The topological polar surface area (TPSA) is 64.7 Å². The molecule has 1 amide bonds. The minimum absolute atomic E-state index is 0.0473. The van der Waals surface area contributed by atoms with Gasteiger partial charge in [0.2, 0.25) is 5.91 Å². The number of amides is 1. The van der Waals surface area contributed by atoms with E-state index in [1.807, 2.05) is 56.9 Å². The fraction of sp³-hybridized carbons (Fsp3) is 0.316. The molecule has 2 heterocycles. The van der Waals surface area contributed by atoms with Gasteiger partial charge in [0.15, 0.2) is 5.16 Å². The molecule has 0 aliphatic rings. The molecule has 0 atom stereocenters. The van der Waals surface area contributed by atoms with E-state index in [0.29, 0.717) is 12.2 Å². The van der Waals surface area contributed by atoms with E-state index in [-0.39, 0.29) is 5.91 Å². The summed E-state index contributed by atoms with van der Waals surface area (Å²) < 4.78 is 4.01. The monoisotopic (exact) mass is 369 g/mol. The van der Waals surface area contributed by atoms with Gasteiger partial charge >= 0.3 is 0 Å². The maximum atomic E-state index is 12.2. The van der Waals surface area contributed by atoms with Gasteiger partial charge in [-0.2, -0.15) is 0 Å². The van der Waals surface area contributed by atoms with E-state index in [9.17, 15) is 4.79 Å². The van der Waals surface area contributed by atoms with Crippen molar-refractivity contribution in [3.05, 3.63) is 59.2 Å². The second-order valence-electron chi connectivity index (χ2n) is 6.40. The first kappa shape index (κ1) is 18.3. The quantitative estimate of drug-likeness (QED) is 0.678. The third kappa shape index (κ3) is 4.16. The lowest BCUT2D eigenvalue weighted by Gasteiger charge is -2.09. The molecule has 0 aliphatic heterocycles. The molecule has 2 aromatic heterocycles. The van der Waals surface area contributed by atoms with Crippen LogP contribution in [0.2, 0.25) is 0 Å². The summed E-state index contributed by atoms with van der Waals surface area (Å²) in [6.45, 7) is 4.03. The number of rotatable bonds is 6. The van der Waals surface area contributed by atoms with Crippen LogP contribution in [0.4, 0.5) is 5.69 Å². The van der Waals surface area contributed by atoms with E-state index in [1.165, 1.54) is 23.0 Å². The zero-order valence-corrected chi connectivity index (χ0v) is 16.3. The molecule has 0 aliphatic carbocycles. The number of nitrogens with zero attached hydrogens (tertiary/aromatic N) is 4. The third-order valence-electron chi connectivity index (χ3n) is 4.30. The van der Waals surface area contributed by atoms with E-state index in [1.54, 1.807) is 0 Å². The Morgan fingerprint density at radius 1 is 1.19 bits per heavy atom. The second-order valence-corrected chi connectivity index (χ2v) is 7.34. The molecule has 0 fully saturated rings. The summed E-state index contributed by atoms with van der Waals surface area (Å²) >= 11 is 1.39. The van der Waals surface area contributed by atoms with Crippen molar-refractivity contribution < 1.29 is 4.79 Å². The number of anilines is 1. The second kappa shape index (κ2) is 7.78. The fourth-order valence-corrected chi connectivity index (χ4v) is 3.47. The summed E-state index contributed by atoms with van der Waals surface area (Å²) in [6.07, 6.45) is 2.72. The zero-order chi connectivity index (χ0) is 18.7. The molecule has 26 heavy (non-hydrogen) atoms. The molecule has 1 N–H and O–H groups in total. The van der Waals surface area contributed by atoms with Crippen LogP contribution in [-0.2, 0) is 25.3 Å². The number of benzene rings is 1. The Bertz CT molecular complexity index is 928. The first-order valence-corrected chi connectivity index (χ1v) is 9.41. The summed E-state index contributed by atoms with van der Waals surface area (Å²) in [6, 6.07) is 10.1. The Balaban J connectivity index is 1.59. The van der Waals surface area contributed by atoms with Crippen molar-refractivity contribution in [2.45, 2.75) is 25.4 Å². The lowest BCUT2D eigenvalue weighted by molar-refractivity contribution is -0.113. The summed E-state index contributed by atoms with van der Waals surface area (Å²) in [5, 5.41) is 12.2. The first-order chi connectivity index (χ1) is 12.4. The lowest BCUT2D eigenvalue weighted by atomic mass is 10.1. The third-order valence-corrected chi connectivity index (χ3v) is 5.32. The zero-order valence-electron chi connectivity index (χ0n) is 15.5. The van der Waals surface area contributed by atoms with Crippen LogP contribution in [0.1, 0.15) is 22.6 Å². The Kier molecular flexibility index (Phi) is 5.46. The van der Waals surface area contributed by atoms with Gasteiger partial charge in [-0.15, -0.1) is 10.2 Å². The summed E-state index contributed by atoms with van der Waals surface area (Å²) in [5.74, 6) is 1.13. The van der Waals surface area contributed by atoms with Crippen LogP contribution < -0.4 is 5.32 Å². The van der Waals surface area contributed by atoms with E-state index < -0.39 is 0 Å². The number of aromatic nitrogens is 4. The van der Waals surface area contributed by atoms with E-state index in [0.717, 1.165) is 22.2 Å². The van der Waals surface area contributed by atoms with Crippen LogP contribution in [0.3, 0.4) is 0 Å². The lowest BCUT2D eigenvalue weighted by Crippen LogP contribution is -2.15. The van der Waals surface area contributed by atoms with E-state index in [4.69, 9.17) is 0 Å². The minimum Gasteiger partial charge on any atom is -0.354 e. The maximum absolute atomic E-state index is 12.2. The number of nitrogens with one attached hydrogen (secondary N) is 1. The Morgan fingerprint density at radius 2 is 2.00 bits per heavy atom.